The average Bonchev–Trinajstić information content (AvgIpc) is 2.96. The highest BCUT2D eigenvalue weighted by Gasteiger charge is 2.30. The zero-order chi connectivity index (χ0) is 11.5. The Balaban J connectivity index is 2.05. The molecule has 0 bridgehead atoms. The first-order chi connectivity index (χ1) is 7.72. The van der Waals surface area contributed by atoms with Crippen molar-refractivity contribution in [1.29, 1.82) is 0 Å². The number of rotatable bonds is 6. The van der Waals surface area contributed by atoms with Crippen molar-refractivity contribution in [2.24, 2.45) is 5.73 Å². The Morgan fingerprint density at radius 2 is 2.38 bits per heavy atom. The Morgan fingerprint density at radius 1 is 1.62 bits per heavy atom. The molecule has 3 nitrogen and oxygen atoms in total. The van der Waals surface area contributed by atoms with Crippen LogP contribution in [0, 0.1) is 0 Å². The van der Waals surface area contributed by atoms with Gasteiger partial charge < -0.3 is 10.6 Å². The van der Waals surface area contributed by atoms with Gasteiger partial charge in [-0.3, -0.25) is 0 Å². The van der Waals surface area contributed by atoms with Crippen LogP contribution in [-0.2, 0) is 0 Å². The minimum atomic E-state index is 0.0530. The molecule has 0 amide bonds. The molecular weight excluding hydrogens is 218 g/mol. The number of hydrogen-bond acceptors (Lipinski definition) is 4. The summed E-state index contributed by atoms with van der Waals surface area (Å²) in [5.74, 6) is 0. The second kappa shape index (κ2) is 5.15. The van der Waals surface area contributed by atoms with Gasteiger partial charge in [0.25, 0.3) is 0 Å². The van der Waals surface area contributed by atoms with Crippen molar-refractivity contribution >= 4 is 16.5 Å². The van der Waals surface area contributed by atoms with E-state index in [-0.39, 0.29) is 6.04 Å². The highest BCUT2D eigenvalue weighted by atomic mass is 32.1. The molecule has 0 aliphatic heterocycles. The predicted molar refractivity (Wildman–Crippen MR) is 70.0 cm³/mol. The van der Waals surface area contributed by atoms with E-state index in [0.29, 0.717) is 0 Å². The molecular formula is C12H21N3S. The van der Waals surface area contributed by atoms with E-state index in [1.54, 1.807) is 11.3 Å². The summed E-state index contributed by atoms with van der Waals surface area (Å²) in [5, 5.41) is 3.27. The van der Waals surface area contributed by atoms with Crippen LogP contribution < -0.4 is 10.6 Å². The highest BCUT2D eigenvalue weighted by molar-refractivity contribution is 7.13. The molecule has 1 fully saturated rings. The largest absolute Gasteiger partial charge is 0.345 e. The average molecular weight is 239 g/mol. The molecule has 16 heavy (non-hydrogen) atoms. The van der Waals surface area contributed by atoms with Crippen LogP contribution in [0.25, 0.3) is 0 Å². The van der Waals surface area contributed by atoms with Crippen LogP contribution in [-0.4, -0.2) is 17.6 Å². The minimum absolute atomic E-state index is 0.0530. The van der Waals surface area contributed by atoms with Crippen LogP contribution in [0.1, 0.15) is 51.3 Å². The quantitative estimate of drug-likeness (QED) is 0.830. The zero-order valence-corrected chi connectivity index (χ0v) is 11.0. The Hall–Kier alpha value is -0.610. The van der Waals surface area contributed by atoms with E-state index in [1.807, 2.05) is 6.92 Å². The molecule has 1 aromatic heterocycles. The van der Waals surface area contributed by atoms with E-state index >= 15 is 0 Å². The van der Waals surface area contributed by atoms with Gasteiger partial charge in [0.1, 0.15) is 0 Å². The first-order valence-electron chi connectivity index (χ1n) is 6.20. The summed E-state index contributed by atoms with van der Waals surface area (Å²) in [6, 6.07) is 0.802. The van der Waals surface area contributed by atoms with Crippen LogP contribution in [0.5, 0.6) is 0 Å². The Morgan fingerprint density at radius 3 is 2.88 bits per heavy atom. The van der Waals surface area contributed by atoms with Crippen molar-refractivity contribution in [1.82, 2.24) is 4.98 Å². The first kappa shape index (κ1) is 11.9. The number of thiazole rings is 1. The van der Waals surface area contributed by atoms with Crippen molar-refractivity contribution in [2.45, 2.75) is 51.6 Å². The van der Waals surface area contributed by atoms with Gasteiger partial charge in [-0.2, -0.15) is 0 Å². The molecule has 1 atom stereocenters. The smallest absolute Gasteiger partial charge is 0.185 e. The summed E-state index contributed by atoms with van der Waals surface area (Å²) in [6.07, 6.45) is 5.16. The number of unbranched alkanes of at least 4 members (excludes halogenated alkanes) is 1. The number of aromatic nitrogens is 1. The summed E-state index contributed by atoms with van der Waals surface area (Å²) in [4.78, 5) is 7.12. The number of nitrogens with two attached hydrogens (primary N) is 1. The van der Waals surface area contributed by atoms with Gasteiger partial charge in [0.05, 0.1) is 5.69 Å². The normalized spacial score (nSPS) is 17.4. The lowest BCUT2D eigenvalue weighted by atomic mass is 10.3. The molecule has 1 unspecified atom stereocenters. The molecule has 90 valence electrons. The molecule has 1 saturated carbocycles. The Labute approximate surface area is 102 Å². The van der Waals surface area contributed by atoms with Crippen LogP contribution in [0.2, 0.25) is 0 Å². The van der Waals surface area contributed by atoms with Crippen LogP contribution >= 0.6 is 11.3 Å². The summed E-state index contributed by atoms with van der Waals surface area (Å²) in [5.41, 5.74) is 6.87. The fourth-order valence-corrected chi connectivity index (χ4v) is 2.79. The van der Waals surface area contributed by atoms with Gasteiger partial charge in [-0.25, -0.2) is 4.98 Å². The van der Waals surface area contributed by atoms with Crippen LogP contribution in [0.3, 0.4) is 0 Å². The van der Waals surface area contributed by atoms with E-state index in [1.165, 1.54) is 30.8 Å². The van der Waals surface area contributed by atoms with Gasteiger partial charge in [-0.15, -0.1) is 11.3 Å². The maximum atomic E-state index is 5.84. The first-order valence-corrected chi connectivity index (χ1v) is 7.08. The monoisotopic (exact) mass is 239 g/mol. The molecule has 1 aliphatic carbocycles. The van der Waals surface area contributed by atoms with E-state index in [9.17, 15) is 0 Å². The van der Waals surface area contributed by atoms with E-state index < -0.39 is 0 Å². The Kier molecular flexibility index (Phi) is 3.82. The topological polar surface area (TPSA) is 42.2 Å². The lowest BCUT2D eigenvalue weighted by Crippen LogP contribution is -2.26. The summed E-state index contributed by atoms with van der Waals surface area (Å²) < 4.78 is 0. The second-order valence-corrected chi connectivity index (χ2v) is 5.46. The van der Waals surface area contributed by atoms with Gasteiger partial charge in [0, 0.05) is 24.0 Å². The molecule has 1 aliphatic rings. The minimum Gasteiger partial charge on any atom is -0.345 e. The standard InChI is InChI=1S/C12H21N3S/c1-3-4-7-15(10-5-6-10)12-14-11(8-16-12)9(2)13/h8-10H,3-7,13H2,1-2H3. The summed E-state index contributed by atoms with van der Waals surface area (Å²) in [6.45, 7) is 5.37. The highest BCUT2D eigenvalue weighted by Crippen LogP contribution is 2.34. The Bertz CT molecular complexity index is 331. The van der Waals surface area contributed by atoms with Crippen molar-refractivity contribution < 1.29 is 0 Å². The van der Waals surface area contributed by atoms with Crippen molar-refractivity contribution in [2.75, 3.05) is 11.4 Å². The maximum absolute atomic E-state index is 5.84. The van der Waals surface area contributed by atoms with E-state index in [4.69, 9.17) is 5.73 Å². The third-order valence-corrected chi connectivity index (χ3v) is 3.86. The number of anilines is 1. The van der Waals surface area contributed by atoms with E-state index in [2.05, 4.69) is 22.2 Å². The van der Waals surface area contributed by atoms with Crippen molar-refractivity contribution in [3.63, 3.8) is 0 Å². The van der Waals surface area contributed by atoms with Crippen LogP contribution in [0.4, 0.5) is 5.13 Å². The van der Waals surface area contributed by atoms with Gasteiger partial charge in [-0.05, 0) is 26.2 Å². The summed E-state index contributed by atoms with van der Waals surface area (Å²) >= 11 is 1.74. The molecule has 2 N–H and O–H groups in total. The molecule has 2 rings (SSSR count). The molecule has 1 heterocycles. The van der Waals surface area contributed by atoms with Crippen LogP contribution in [0.15, 0.2) is 5.38 Å². The fourth-order valence-electron chi connectivity index (χ4n) is 1.77. The lowest BCUT2D eigenvalue weighted by molar-refractivity contribution is 0.705. The molecule has 0 saturated heterocycles. The molecule has 0 aromatic carbocycles. The van der Waals surface area contributed by atoms with Gasteiger partial charge in [0.15, 0.2) is 5.13 Å². The second-order valence-electron chi connectivity index (χ2n) is 4.62. The van der Waals surface area contributed by atoms with Gasteiger partial charge in [0.2, 0.25) is 0 Å². The number of hydrogen-bond donors (Lipinski definition) is 1. The third kappa shape index (κ3) is 2.74. The predicted octanol–water partition coefficient (Wildman–Crippen LogP) is 2.93. The summed E-state index contributed by atoms with van der Waals surface area (Å²) in [7, 11) is 0. The lowest BCUT2D eigenvalue weighted by Gasteiger charge is -2.21. The number of nitrogens with zero attached hydrogens (tertiary/aromatic N) is 2. The van der Waals surface area contributed by atoms with Crippen molar-refractivity contribution in [3.05, 3.63) is 11.1 Å². The van der Waals surface area contributed by atoms with Gasteiger partial charge >= 0.3 is 0 Å². The van der Waals surface area contributed by atoms with E-state index in [0.717, 1.165) is 18.3 Å². The molecule has 1 aromatic rings. The van der Waals surface area contributed by atoms with Gasteiger partial charge in [-0.1, -0.05) is 13.3 Å². The molecule has 0 radical (unpaired) electrons. The molecule has 0 spiro atoms. The zero-order valence-electron chi connectivity index (χ0n) is 10.1. The third-order valence-electron chi connectivity index (χ3n) is 2.96. The fraction of sp³-hybridized carbons (Fsp3) is 0.750. The van der Waals surface area contributed by atoms with Crippen molar-refractivity contribution in [3.8, 4) is 0 Å². The SMILES string of the molecule is CCCCN(c1nc(C(C)N)cs1)C1CC1. The molecule has 4 heteroatoms. The maximum Gasteiger partial charge on any atom is 0.185 e.